The van der Waals surface area contributed by atoms with Crippen LogP contribution in [0.1, 0.15) is 26.7 Å². The molecule has 0 spiro atoms. The summed E-state index contributed by atoms with van der Waals surface area (Å²) in [6, 6.07) is 0. The van der Waals surface area contributed by atoms with E-state index in [1.165, 1.54) is 12.8 Å². The molecule has 0 amide bonds. The molecule has 0 aromatic heterocycles. The van der Waals surface area contributed by atoms with Crippen molar-refractivity contribution in [2.75, 3.05) is 32.6 Å². The quantitative estimate of drug-likeness (QED) is 0.583. The van der Waals surface area contributed by atoms with Crippen molar-refractivity contribution in [3.63, 3.8) is 0 Å². The lowest BCUT2D eigenvalue weighted by Gasteiger charge is -2.09. The van der Waals surface area contributed by atoms with Gasteiger partial charge in [0.15, 0.2) is 0 Å². The Morgan fingerprint density at radius 3 is 2.77 bits per heavy atom. The predicted molar refractivity (Wildman–Crippen MR) is 61.6 cm³/mol. The van der Waals surface area contributed by atoms with E-state index in [4.69, 9.17) is 4.74 Å². The van der Waals surface area contributed by atoms with E-state index in [2.05, 4.69) is 25.4 Å². The first kappa shape index (κ1) is 13.3. The van der Waals surface area contributed by atoms with Gasteiger partial charge in [0.2, 0.25) is 0 Å². The van der Waals surface area contributed by atoms with E-state index in [1.807, 2.05) is 11.8 Å². The molecule has 0 aliphatic rings. The molecule has 2 nitrogen and oxygen atoms in total. The van der Waals surface area contributed by atoms with E-state index in [1.54, 1.807) is 0 Å². The first-order chi connectivity index (χ1) is 6.31. The summed E-state index contributed by atoms with van der Waals surface area (Å²) in [5.41, 5.74) is 0. The second kappa shape index (κ2) is 10.4. The van der Waals surface area contributed by atoms with E-state index in [-0.39, 0.29) is 0 Å². The SMILES string of the molecule is CCCCOCCNCC(C)SC. The van der Waals surface area contributed by atoms with Gasteiger partial charge in [-0.3, -0.25) is 0 Å². The molecule has 1 unspecified atom stereocenters. The molecule has 0 saturated heterocycles. The van der Waals surface area contributed by atoms with E-state index in [0.29, 0.717) is 5.25 Å². The lowest BCUT2D eigenvalue weighted by atomic mass is 10.4. The van der Waals surface area contributed by atoms with Gasteiger partial charge in [0.1, 0.15) is 0 Å². The fourth-order valence-electron chi connectivity index (χ4n) is 0.881. The standard InChI is InChI=1S/C10H23NOS/c1-4-5-7-12-8-6-11-9-10(2)13-3/h10-11H,4-9H2,1-3H3. The molecule has 0 radical (unpaired) electrons. The van der Waals surface area contributed by atoms with Crippen molar-refractivity contribution in [1.29, 1.82) is 0 Å². The maximum absolute atomic E-state index is 5.42. The van der Waals surface area contributed by atoms with Gasteiger partial charge in [0, 0.05) is 24.9 Å². The highest BCUT2D eigenvalue weighted by Gasteiger charge is 1.96. The van der Waals surface area contributed by atoms with Crippen molar-refractivity contribution in [1.82, 2.24) is 5.32 Å². The molecule has 1 N–H and O–H groups in total. The second-order valence-electron chi connectivity index (χ2n) is 3.22. The lowest BCUT2D eigenvalue weighted by Crippen LogP contribution is -2.26. The summed E-state index contributed by atoms with van der Waals surface area (Å²) < 4.78 is 5.42. The van der Waals surface area contributed by atoms with Crippen LogP contribution in [-0.4, -0.2) is 37.8 Å². The highest BCUT2D eigenvalue weighted by molar-refractivity contribution is 7.99. The lowest BCUT2D eigenvalue weighted by molar-refractivity contribution is 0.133. The van der Waals surface area contributed by atoms with Gasteiger partial charge in [-0.05, 0) is 12.7 Å². The Morgan fingerprint density at radius 1 is 1.38 bits per heavy atom. The summed E-state index contributed by atoms with van der Waals surface area (Å²) in [6.45, 7) is 8.24. The van der Waals surface area contributed by atoms with Crippen molar-refractivity contribution < 1.29 is 4.74 Å². The van der Waals surface area contributed by atoms with Crippen LogP contribution in [0.5, 0.6) is 0 Å². The van der Waals surface area contributed by atoms with Crippen LogP contribution < -0.4 is 5.32 Å². The molecule has 3 heteroatoms. The molecule has 13 heavy (non-hydrogen) atoms. The smallest absolute Gasteiger partial charge is 0.0590 e. The van der Waals surface area contributed by atoms with E-state index in [9.17, 15) is 0 Å². The van der Waals surface area contributed by atoms with Gasteiger partial charge in [0.05, 0.1) is 6.61 Å². The molecule has 0 fully saturated rings. The fourth-order valence-corrected chi connectivity index (χ4v) is 1.17. The minimum Gasteiger partial charge on any atom is -0.380 e. The highest BCUT2D eigenvalue weighted by atomic mass is 32.2. The molecule has 0 saturated carbocycles. The zero-order valence-corrected chi connectivity index (χ0v) is 9.95. The van der Waals surface area contributed by atoms with Gasteiger partial charge in [-0.2, -0.15) is 11.8 Å². The zero-order valence-electron chi connectivity index (χ0n) is 9.14. The van der Waals surface area contributed by atoms with Crippen LogP contribution in [0.4, 0.5) is 0 Å². The van der Waals surface area contributed by atoms with E-state index in [0.717, 1.165) is 26.3 Å². The Morgan fingerprint density at radius 2 is 2.15 bits per heavy atom. The summed E-state index contributed by atoms with van der Waals surface area (Å²) >= 11 is 1.89. The van der Waals surface area contributed by atoms with Crippen molar-refractivity contribution in [3.8, 4) is 0 Å². The third kappa shape index (κ3) is 10.2. The molecular weight excluding hydrogens is 182 g/mol. The molecule has 0 aromatic carbocycles. The molecule has 1 atom stereocenters. The molecule has 0 aliphatic carbocycles. The van der Waals surface area contributed by atoms with Crippen LogP contribution in [0, 0.1) is 0 Å². The summed E-state index contributed by atoms with van der Waals surface area (Å²) in [4.78, 5) is 0. The van der Waals surface area contributed by atoms with Gasteiger partial charge >= 0.3 is 0 Å². The molecule has 0 rings (SSSR count). The summed E-state index contributed by atoms with van der Waals surface area (Å²) in [7, 11) is 0. The Bertz CT molecular complexity index is 101. The summed E-state index contributed by atoms with van der Waals surface area (Å²) in [5.74, 6) is 0. The molecule has 0 bridgehead atoms. The number of unbranched alkanes of at least 4 members (excludes halogenated alkanes) is 1. The third-order valence-corrected chi connectivity index (χ3v) is 2.87. The minimum atomic E-state index is 0.704. The molecule has 0 heterocycles. The van der Waals surface area contributed by atoms with Gasteiger partial charge in [-0.1, -0.05) is 20.3 Å². The van der Waals surface area contributed by atoms with Crippen LogP contribution in [0.25, 0.3) is 0 Å². The number of hydrogen-bond donors (Lipinski definition) is 1. The van der Waals surface area contributed by atoms with E-state index >= 15 is 0 Å². The third-order valence-electron chi connectivity index (χ3n) is 1.90. The van der Waals surface area contributed by atoms with Crippen molar-refractivity contribution in [2.45, 2.75) is 31.9 Å². The normalized spacial score (nSPS) is 13.2. The van der Waals surface area contributed by atoms with Gasteiger partial charge < -0.3 is 10.1 Å². The van der Waals surface area contributed by atoms with Crippen molar-refractivity contribution >= 4 is 11.8 Å². The van der Waals surface area contributed by atoms with Crippen molar-refractivity contribution in [2.24, 2.45) is 0 Å². The van der Waals surface area contributed by atoms with Gasteiger partial charge in [0.25, 0.3) is 0 Å². The number of ether oxygens (including phenoxy) is 1. The Labute approximate surface area is 86.8 Å². The minimum absolute atomic E-state index is 0.704. The van der Waals surface area contributed by atoms with Crippen LogP contribution in [0.15, 0.2) is 0 Å². The summed E-state index contributed by atoms with van der Waals surface area (Å²) in [5, 5.41) is 4.07. The maximum Gasteiger partial charge on any atom is 0.0590 e. The van der Waals surface area contributed by atoms with Gasteiger partial charge in [-0.25, -0.2) is 0 Å². The molecule has 0 aromatic rings. The average Bonchev–Trinajstić information content (AvgIpc) is 2.16. The highest BCUT2D eigenvalue weighted by Crippen LogP contribution is 2.01. The Kier molecular flexibility index (Phi) is 10.6. The Balaban J connectivity index is 2.91. The zero-order chi connectivity index (χ0) is 9.94. The number of nitrogens with one attached hydrogen (secondary N) is 1. The van der Waals surface area contributed by atoms with Crippen LogP contribution >= 0.6 is 11.8 Å². The topological polar surface area (TPSA) is 21.3 Å². The number of hydrogen-bond acceptors (Lipinski definition) is 3. The monoisotopic (exact) mass is 205 g/mol. The fraction of sp³-hybridized carbons (Fsp3) is 1.00. The largest absolute Gasteiger partial charge is 0.380 e. The molecule has 80 valence electrons. The molecular formula is C10H23NOS. The van der Waals surface area contributed by atoms with E-state index < -0.39 is 0 Å². The first-order valence-corrected chi connectivity index (χ1v) is 6.41. The average molecular weight is 205 g/mol. The number of rotatable bonds is 9. The first-order valence-electron chi connectivity index (χ1n) is 5.12. The number of thioether (sulfide) groups is 1. The summed E-state index contributed by atoms with van der Waals surface area (Å²) in [6.07, 6.45) is 4.54. The predicted octanol–water partition coefficient (Wildman–Crippen LogP) is 2.14. The second-order valence-corrected chi connectivity index (χ2v) is 4.49. The van der Waals surface area contributed by atoms with Crippen LogP contribution in [0.2, 0.25) is 0 Å². The van der Waals surface area contributed by atoms with Gasteiger partial charge in [-0.15, -0.1) is 0 Å². The maximum atomic E-state index is 5.42. The van der Waals surface area contributed by atoms with Crippen molar-refractivity contribution in [3.05, 3.63) is 0 Å². The Hall–Kier alpha value is 0.270. The van der Waals surface area contributed by atoms with Crippen LogP contribution in [-0.2, 0) is 4.74 Å². The molecule has 0 aliphatic heterocycles. The van der Waals surface area contributed by atoms with Crippen LogP contribution in [0.3, 0.4) is 0 Å².